The van der Waals surface area contributed by atoms with E-state index in [1.807, 2.05) is 0 Å². The third-order valence-corrected chi connectivity index (χ3v) is 18.5. The number of hydrogen-bond acceptors (Lipinski definition) is 1. The van der Waals surface area contributed by atoms with Crippen LogP contribution in [0.25, 0.3) is 196 Å². The van der Waals surface area contributed by atoms with E-state index in [0.29, 0.717) is 0 Å². The molecular formula is C76H42O. The molecule has 0 amide bonds. The van der Waals surface area contributed by atoms with Crippen molar-refractivity contribution in [2.75, 3.05) is 0 Å². The van der Waals surface area contributed by atoms with Crippen LogP contribution >= 0.6 is 0 Å². The Bertz CT molecular complexity index is 5560. The Labute approximate surface area is 441 Å². The molecule has 1 aliphatic rings. The van der Waals surface area contributed by atoms with Crippen LogP contribution in [0.15, 0.2) is 223 Å². The molecule has 17 aromatic carbocycles. The van der Waals surface area contributed by atoms with Crippen LogP contribution in [0.1, 0.15) is 11.1 Å². The minimum absolute atomic E-state index is 0.912. The Morgan fingerprint density at radius 1 is 0.221 bits per heavy atom. The van der Waals surface area contributed by atoms with Gasteiger partial charge in [0.1, 0.15) is 11.2 Å². The second kappa shape index (κ2) is 14.1. The minimum Gasteiger partial charge on any atom is -0.456 e. The zero-order valence-electron chi connectivity index (χ0n) is 42.2. The standard InChI is InChI=1S/C76H42O/c1-39-15-3-6-18-43(39)64-47-22-9-10-23-48(47)65(44-19-7-4-16-40(44)2)74-57-34-30-53-54-31-35-58-69-55(32-28-51(67(54)69)52-29-33-56(73(64)74)70(57)68(52)53)72-63(42-27-36-62-59(38-42)46-21-13-14-26-61(46)77-62)60-37-41-17-5-8-20-45(41)66-49-24-11-12-25-50(49)71(75(58)72)76(60)66/h3-38H,1-2H3. The SMILES string of the molecule is Cc1ccccc1-c1c2c(c(-c3ccccc3C)c3ccccc13)-c1ccc3c4ccc5c6c(ccc(c7ccc-2c1c73)c46)c1c(-c2ccc3oc4ccccc4c3c2)c2cc3ccccc3c3c4ccccc4c(c51)c23. The maximum Gasteiger partial charge on any atom is 0.135 e. The molecule has 1 aliphatic carbocycles. The van der Waals surface area contributed by atoms with Crippen LogP contribution in [0.4, 0.5) is 0 Å². The molecule has 0 spiro atoms. The number of fused-ring (bicyclic) bond motifs is 18. The summed E-state index contributed by atoms with van der Waals surface area (Å²) < 4.78 is 6.48. The van der Waals surface area contributed by atoms with Crippen molar-refractivity contribution in [3.05, 3.63) is 230 Å². The van der Waals surface area contributed by atoms with Crippen LogP contribution in [0.2, 0.25) is 0 Å². The first-order chi connectivity index (χ1) is 38.1. The highest BCUT2D eigenvalue weighted by atomic mass is 16.3. The van der Waals surface area contributed by atoms with E-state index in [-0.39, 0.29) is 0 Å². The number of furan rings is 1. The van der Waals surface area contributed by atoms with E-state index in [1.54, 1.807) is 0 Å². The predicted octanol–water partition coefficient (Wildman–Crippen LogP) is 21.8. The van der Waals surface area contributed by atoms with Crippen molar-refractivity contribution in [3.63, 3.8) is 0 Å². The van der Waals surface area contributed by atoms with E-state index in [9.17, 15) is 0 Å². The summed E-state index contributed by atoms with van der Waals surface area (Å²) in [5.74, 6) is 0. The molecule has 352 valence electrons. The van der Waals surface area contributed by atoms with Crippen LogP contribution in [-0.2, 0) is 0 Å². The van der Waals surface area contributed by atoms with E-state index in [4.69, 9.17) is 4.42 Å². The molecule has 0 saturated heterocycles. The Balaban J connectivity index is 0.985. The van der Waals surface area contributed by atoms with Crippen molar-refractivity contribution < 1.29 is 4.42 Å². The molecule has 0 saturated carbocycles. The van der Waals surface area contributed by atoms with Gasteiger partial charge >= 0.3 is 0 Å². The van der Waals surface area contributed by atoms with Gasteiger partial charge in [0, 0.05) is 10.8 Å². The van der Waals surface area contributed by atoms with Crippen molar-refractivity contribution in [1.29, 1.82) is 0 Å². The number of hydrogen-bond donors (Lipinski definition) is 0. The largest absolute Gasteiger partial charge is 0.456 e. The molecule has 1 heterocycles. The molecule has 0 unspecified atom stereocenters. The van der Waals surface area contributed by atoms with Gasteiger partial charge in [0.25, 0.3) is 0 Å². The number of rotatable bonds is 3. The number of aryl methyl sites for hydroxylation is 2. The molecule has 1 nitrogen and oxygen atoms in total. The highest BCUT2D eigenvalue weighted by Gasteiger charge is 2.34. The van der Waals surface area contributed by atoms with Gasteiger partial charge in [-0.2, -0.15) is 0 Å². The molecule has 1 aromatic heterocycles. The third-order valence-electron chi connectivity index (χ3n) is 18.5. The first-order valence-electron chi connectivity index (χ1n) is 27.1. The lowest BCUT2D eigenvalue weighted by molar-refractivity contribution is 0.669. The van der Waals surface area contributed by atoms with Gasteiger partial charge in [-0.15, -0.1) is 0 Å². The Morgan fingerprint density at radius 3 is 1.30 bits per heavy atom. The van der Waals surface area contributed by atoms with E-state index in [0.717, 1.165) is 21.9 Å². The second-order valence-electron chi connectivity index (χ2n) is 22.1. The molecule has 0 fully saturated rings. The van der Waals surface area contributed by atoms with Gasteiger partial charge in [-0.3, -0.25) is 0 Å². The molecule has 0 aliphatic heterocycles. The average Bonchev–Trinajstić information content (AvgIpc) is 4.40. The van der Waals surface area contributed by atoms with E-state index in [2.05, 4.69) is 232 Å². The number of benzene rings is 15. The van der Waals surface area contributed by atoms with Crippen molar-refractivity contribution >= 4 is 140 Å². The van der Waals surface area contributed by atoms with Gasteiger partial charge in [-0.05, 0) is 223 Å². The summed E-state index contributed by atoms with van der Waals surface area (Å²) >= 11 is 0. The summed E-state index contributed by atoms with van der Waals surface area (Å²) in [6.45, 7) is 4.54. The number of para-hydroxylation sites is 1. The first-order valence-corrected chi connectivity index (χ1v) is 27.1. The fraction of sp³-hybridized carbons (Fsp3) is 0.0263. The van der Waals surface area contributed by atoms with Crippen LogP contribution in [0, 0.1) is 13.8 Å². The highest BCUT2D eigenvalue weighted by molar-refractivity contribution is 6.53. The third kappa shape index (κ3) is 4.85. The molecule has 1 heteroatoms. The summed E-state index contributed by atoms with van der Waals surface area (Å²) in [6.07, 6.45) is 0. The molecular weight excluding hydrogens is 929 g/mol. The molecule has 18 aromatic rings. The van der Waals surface area contributed by atoms with Crippen molar-refractivity contribution in [3.8, 4) is 55.6 Å². The van der Waals surface area contributed by atoms with E-state index < -0.39 is 0 Å². The second-order valence-corrected chi connectivity index (χ2v) is 22.1. The summed E-state index contributed by atoms with van der Waals surface area (Å²) in [6, 6.07) is 83.0. The summed E-state index contributed by atoms with van der Waals surface area (Å²) in [4.78, 5) is 0. The molecule has 0 bridgehead atoms. The Kier molecular flexibility index (Phi) is 7.43. The maximum absolute atomic E-state index is 6.48. The van der Waals surface area contributed by atoms with Crippen molar-refractivity contribution in [1.82, 2.24) is 0 Å². The maximum atomic E-state index is 6.48. The van der Waals surface area contributed by atoms with Gasteiger partial charge in [0.05, 0.1) is 0 Å². The van der Waals surface area contributed by atoms with Gasteiger partial charge in [0.15, 0.2) is 0 Å². The molecule has 0 atom stereocenters. The quantitative estimate of drug-likeness (QED) is 0.127. The monoisotopic (exact) mass is 970 g/mol. The fourth-order valence-electron chi connectivity index (χ4n) is 15.5. The van der Waals surface area contributed by atoms with Crippen LogP contribution in [0.3, 0.4) is 0 Å². The van der Waals surface area contributed by atoms with Crippen molar-refractivity contribution in [2.45, 2.75) is 13.8 Å². The fourth-order valence-corrected chi connectivity index (χ4v) is 15.5. The summed E-state index contributed by atoms with van der Waals surface area (Å²) in [5, 5.41) is 31.4. The smallest absolute Gasteiger partial charge is 0.135 e. The van der Waals surface area contributed by atoms with E-state index in [1.165, 1.54) is 185 Å². The molecule has 0 radical (unpaired) electrons. The summed E-state index contributed by atoms with van der Waals surface area (Å²) in [5.41, 5.74) is 17.4. The van der Waals surface area contributed by atoms with Crippen LogP contribution in [0.5, 0.6) is 0 Å². The molecule has 0 N–H and O–H groups in total. The summed E-state index contributed by atoms with van der Waals surface area (Å²) in [7, 11) is 0. The lowest BCUT2D eigenvalue weighted by atomic mass is 9.81. The Morgan fingerprint density at radius 2 is 0.649 bits per heavy atom. The van der Waals surface area contributed by atoms with Gasteiger partial charge in [-0.25, -0.2) is 0 Å². The van der Waals surface area contributed by atoms with Crippen molar-refractivity contribution in [2.24, 2.45) is 0 Å². The van der Waals surface area contributed by atoms with E-state index >= 15 is 0 Å². The zero-order valence-corrected chi connectivity index (χ0v) is 42.2. The minimum atomic E-state index is 0.912. The average molecular weight is 971 g/mol. The normalized spacial score (nSPS) is 12.8. The van der Waals surface area contributed by atoms with Gasteiger partial charge in [0.2, 0.25) is 0 Å². The highest BCUT2D eigenvalue weighted by Crippen LogP contribution is 2.62. The lowest BCUT2D eigenvalue weighted by Crippen LogP contribution is -1.95. The van der Waals surface area contributed by atoms with Crippen LogP contribution < -0.4 is 0 Å². The zero-order chi connectivity index (χ0) is 50.1. The Hall–Kier alpha value is -9.82. The van der Waals surface area contributed by atoms with Crippen LogP contribution in [-0.4, -0.2) is 0 Å². The predicted molar refractivity (Wildman–Crippen MR) is 330 cm³/mol. The first kappa shape index (κ1) is 40.6. The molecule has 77 heavy (non-hydrogen) atoms. The molecule has 19 rings (SSSR count). The van der Waals surface area contributed by atoms with Gasteiger partial charge < -0.3 is 4.42 Å². The van der Waals surface area contributed by atoms with Gasteiger partial charge in [-0.1, -0.05) is 194 Å². The lowest BCUT2D eigenvalue weighted by Gasteiger charge is -2.22. The topological polar surface area (TPSA) is 13.1 Å².